The minimum absolute atomic E-state index is 0. The van der Waals surface area contributed by atoms with Gasteiger partial charge in [0.25, 0.3) is 0 Å². The molecule has 3 N–H and O–H groups in total. The summed E-state index contributed by atoms with van der Waals surface area (Å²) in [5.41, 5.74) is 0.113. The highest BCUT2D eigenvalue weighted by molar-refractivity contribution is 14.0. The summed E-state index contributed by atoms with van der Waals surface area (Å²) in [5.74, 6) is 0.918. The summed E-state index contributed by atoms with van der Waals surface area (Å²) >= 11 is 0. The number of guanidine groups is 1. The van der Waals surface area contributed by atoms with Crippen LogP contribution in [0.4, 0.5) is 0 Å². The van der Waals surface area contributed by atoms with Crippen molar-refractivity contribution in [2.24, 2.45) is 10.4 Å². The van der Waals surface area contributed by atoms with Crippen LogP contribution in [0.3, 0.4) is 0 Å². The molecule has 0 unspecified atom stereocenters. The van der Waals surface area contributed by atoms with E-state index in [1.54, 1.807) is 0 Å². The predicted octanol–water partition coefficient (Wildman–Crippen LogP) is 1.10. The Balaban J connectivity index is 0.00000128. The lowest BCUT2D eigenvalue weighted by molar-refractivity contribution is 0.133. The molecule has 2 aliphatic rings. The summed E-state index contributed by atoms with van der Waals surface area (Å²) in [6.45, 7) is 3.09. The maximum atomic E-state index is 9.45. The van der Waals surface area contributed by atoms with Crippen molar-refractivity contribution in [1.82, 2.24) is 10.6 Å². The molecule has 0 aromatic rings. The van der Waals surface area contributed by atoms with Gasteiger partial charge < -0.3 is 15.7 Å². The lowest BCUT2D eigenvalue weighted by atomic mass is 9.87. The number of nitrogens with one attached hydrogen (secondary N) is 2. The van der Waals surface area contributed by atoms with E-state index < -0.39 is 0 Å². The quantitative estimate of drug-likeness (QED) is 0.675. The molecule has 1 aliphatic heterocycles. The van der Waals surface area contributed by atoms with Crippen LogP contribution < -0.4 is 10.6 Å². The van der Waals surface area contributed by atoms with Crippen LogP contribution in [0.15, 0.2) is 4.99 Å². The SMILES string of the molecule is I.OCC1(CNC2=NCCCN2)CCCC1. The molecule has 16 heavy (non-hydrogen) atoms. The lowest BCUT2D eigenvalue weighted by Crippen LogP contribution is -2.46. The van der Waals surface area contributed by atoms with Gasteiger partial charge in [-0.15, -0.1) is 24.0 Å². The first kappa shape index (κ1) is 14.0. The fraction of sp³-hybridized carbons (Fsp3) is 0.909. The van der Waals surface area contributed by atoms with Gasteiger partial charge in [0.15, 0.2) is 5.96 Å². The van der Waals surface area contributed by atoms with Crippen LogP contribution in [0.1, 0.15) is 32.1 Å². The molecule has 0 radical (unpaired) electrons. The molecule has 0 spiro atoms. The summed E-state index contributed by atoms with van der Waals surface area (Å²) in [6, 6.07) is 0. The molecule has 1 fully saturated rings. The fourth-order valence-corrected chi connectivity index (χ4v) is 2.44. The largest absolute Gasteiger partial charge is 0.396 e. The number of aliphatic hydroxyl groups is 1. The number of rotatable bonds is 3. The van der Waals surface area contributed by atoms with Crippen LogP contribution in [0.25, 0.3) is 0 Å². The van der Waals surface area contributed by atoms with Crippen molar-refractivity contribution in [3.8, 4) is 0 Å². The number of hydrogen-bond donors (Lipinski definition) is 3. The summed E-state index contributed by atoms with van der Waals surface area (Å²) in [5, 5.41) is 16.0. The highest BCUT2D eigenvalue weighted by Gasteiger charge is 2.33. The normalized spacial score (nSPS) is 22.9. The maximum Gasteiger partial charge on any atom is 0.191 e. The zero-order valence-corrected chi connectivity index (χ0v) is 12.0. The summed E-state index contributed by atoms with van der Waals surface area (Å²) in [6.07, 6.45) is 5.91. The Morgan fingerprint density at radius 1 is 1.31 bits per heavy atom. The van der Waals surface area contributed by atoms with Crippen molar-refractivity contribution >= 4 is 29.9 Å². The number of halogens is 1. The van der Waals surface area contributed by atoms with Crippen molar-refractivity contribution in [3.63, 3.8) is 0 Å². The van der Waals surface area contributed by atoms with E-state index in [0.29, 0.717) is 6.61 Å². The topological polar surface area (TPSA) is 56.6 Å². The van der Waals surface area contributed by atoms with Gasteiger partial charge in [0, 0.05) is 25.0 Å². The molecule has 5 heteroatoms. The molecule has 1 aliphatic carbocycles. The van der Waals surface area contributed by atoms with Crippen molar-refractivity contribution in [3.05, 3.63) is 0 Å². The number of aliphatic imine (C=N–C) groups is 1. The van der Waals surface area contributed by atoms with Crippen molar-refractivity contribution in [1.29, 1.82) is 0 Å². The second-order valence-corrected chi connectivity index (χ2v) is 4.73. The zero-order chi connectivity index (χ0) is 10.6. The Morgan fingerprint density at radius 3 is 2.62 bits per heavy atom. The monoisotopic (exact) mass is 339 g/mol. The van der Waals surface area contributed by atoms with E-state index in [0.717, 1.165) is 44.9 Å². The van der Waals surface area contributed by atoms with Gasteiger partial charge in [-0.25, -0.2) is 0 Å². The van der Waals surface area contributed by atoms with Gasteiger partial charge in [-0.2, -0.15) is 0 Å². The molecule has 94 valence electrons. The van der Waals surface area contributed by atoms with Gasteiger partial charge in [0.2, 0.25) is 0 Å². The Kier molecular flexibility index (Phi) is 5.82. The zero-order valence-electron chi connectivity index (χ0n) is 9.67. The third-order valence-electron chi connectivity index (χ3n) is 3.53. The van der Waals surface area contributed by atoms with Crippen LogP contribution in [0, 0.1) is 5.41 Å². The Hall–Kier alpha value is -0.0400. The van der Waals surface area contributed by atoms with Crippen molar-refractivity contribution in [2.75, 3.05) is 26.2 Å². The van der Waals surface area contributed by atoms with E-state index in [-0.39, 0.29) is 29.4 Å². The standard InChI is InChI=1S/C11H21N3O.HI/c15-9-11(4-1-2-5-11)8-14-10-12-6-3-7-13-10;/h15H,1-9H2,(H2,12,13,14);1H. The predicted molar refractivity (Wildman–Crippen MR) is 76.3 cm³/mol. The second kappa shape index (κ2) is 6.64. The van der Waals surface area contributed by atoms with Gasteiger partial charge >= 0.3 is 0 Å². The van der Waals surface area contributed by atoms with Gasteiger partial charge in [0.1, 0.15) is 0 Å². The first-order chi connectivity index (χ1) is 7.35. The Morgan fingerprint density at radius 2 is 2.06 bits per heavy atom. The number of hydrogen-bond acceptors (Lipinski definition) is 4. The number of nitrogens with zero attached hydrogens (tertiary/aromatic N) is 1. The molecular formula is C11H22IN3O. The van der Waals surface area contributed by atoms with Crippen LogP contribution in [-0.2, 0) is 0 Å². The third kappa shape index (κ3) is 3.48. The van der Waals surface area contributed by atoms with Gasteiger partial charge in [-0.05, 0) is 19.3 Å². The molecule has 0 bridgehead atoms. The highest BCUT2D eigenvalue weighted by atomic mass is 127. The smallest absolute Gasteiger partial charge is 0.191 e. The average Bonchev–Trinajstić information content (AvgIpc) is 2.77. The van der Waals surface area contributed by atoms with Crippen molar-refractivity contribution in [2.45, 2.75) is 32.1 Å². The van der Waals surface area contributed by atoms with Gasteiger partial charge in [-0.1, -0.05) is 12.8 Å². The first-order valence-electron chi connectivity index (χ1n) is 5.98. The van der Waals surface area contributed by atoms with Crippen molar-refractivity contribution < 1.29 is 5.11 Å². The van der Waals surface area contributed by atoms with E-state index in [1.165, 1.54) is 12.8 Å². The first-order valence-corrected chi connectivity index (χ1v) is 5.98. The molecule has 1 heterocycles. The molecule has 2 rings (SSSR count). The highest BCUT2D eigenvalue weighted by Crippen LogP contribution is 2.36. The molecule has 1 saturated carbocycles. The third-order valence-corrected chi connectivity index (χ3v) is 3.53. The summed E-state index contributed by atoms with van der Waals surface area (Å²) in [7, 11) is 0. The lowest BCUT2D eigenvalue weighted by Gasteiger charge is -2.28. The Bertz CT molecular complexity index is 239. The van der Waals surface area contributed by atoms with E-state index in [2.05, 4.69) is 15.6 Å². The summed E-state index contributed by atoms with van der Waals surface area (Å²) < 4.78 is 0. The van der Waals surface area contributed by atoms with E-state index in [9.17, 15) is 5.11 Å². The average molecular weight is 339 g/mol. The van der Waals surface area contributed by atoms with Crippen LogP contribution in [-0.4, -0.2) is 37.3 Å². The Labute approximate surface area is 114 Å². The van der Waals surface area contributed by atoms with E-state index in [1.807, 2.05) is 0 Å². The molecule has 0 aromatic carbocycles. The maximum absolute atomic E-state index is 9.45. The van der Waals surface area contributed by atoms with Crippen LogP contribution >= 0.6 is 24.0 Å². The summed E-state index contributed by atoms with van der Waals surface area (Å²) in [4.78, 5) is 4.37. The second-order valence-electron chi connectivity index (χ2n) is 4.73. The molecule has 0 saturated heterocycles. The fourth-order valence-electron chi connectivity index (χ4n) is 2.44. The molecule has 0 atom stereocenters. The van der Waals surface area contributed by atoms with Gasteiger partial charge in [0.05, 0.1) is 6.61 Å². The molecule has 0 amide bonds. The van der Waals surface area contributed by atoms with E-state index in [4.69, 9.17) is 0 Å². The number of aliphatic hydroxyl groups excluding tert-OH is 1. The minimum Gasteiger partial charge on any atom is -0.396 e. The molecule has 0 aromatic heterocycles. The molecule has 4 nitrogen and oxygen atoms in total. The van der Waals surface area contributed by atoms with Crippen LogP contribution in [0.2, 0.25) is 0 Å². The van der Waals surface area contributed by atoms with Gasteiger partial charge in [-0.3, -0.25) is 4.99 Å². The minimum atomic E-state index is 0. The molecular weight excluding hydrogens is 317 g/mol. The van der Waals surface area contributed by atoms with Crippen LogP contribution in [0.5, 0.6) is 0 Å². The van der Waals surface area contributed by atoms with E-state index >= 15 is 0 Å².